The van der Waals surface area contributed by atoms with Crippen molar-refractivity contribution in [1.82, 2.24) is 14.8 Å². The molecule has 0 spiro atoms. The Morgan fingerprint density at radius 3 is 2.54 bits per heavy atom. The van der Waals surface area contributed by atoms with Crippen LogP contribution in [0.1, 0.15) is 16.8 Å². The van der Waals surface area contributed by atoms with Crippen molar-refractivity contribution in [2.75, 3.05) is 0 Å². The fourth-order valence-electron chi connectivity index (χ4n) is 3.51. The highest BCUT2D eigenvalue weighted by Crippen LogP contribution is 2.42. The maximum absolute atomic E-state index is 13.9. The molecule has 3 nitrogen and oxygen atoms in total. The maximum atomic E-state index is 13.9. The number of rotatable bonds is 1. The van der Waals surface area contributed by atoms with Gasteiger partial charge >= 0.3 is 6.18 Å². The van der Waals surface area contributed by atoms with Crippen molar-refractivity contribution in [1.29, 1.82) is 0 Å². The Morgan fingerprint density at radius 1 is 0.962 bits per heavy atom. The molecule has 0 radical (unpaired) electrons. The van der Waals surface area contributed by atoms with Gasteiger partial charge in [-0.1, -0.05) is 47.7 Å². The number of aryl methyl sites for hydroxylation is 1. The zero-order chi connectivity index (χ0) is 17.9. The van der Waals surface area contributed by atoms with Gasteiger partial charge in [0.25, 0.3) is 0 Å². The van der Waals surface area contributed by atoms with Crippen molar-refractivity contribution in [2.45, 2.75) is 19.0 Å². The van der Waals surface area contributed by atoms with Crippen molar-refractivity contribution in [3.8, 4) is 16.4 Å². The second kappa shape index (κ2) is 5.41. The average Bonchev–Trinajstić information content (AvgIpc) is 3.22. The summed E-state index contributed by atoms with van der Waals surface area (Å²) in [5.41, 5.74) is 2.45. The van der Waals surface area contributed by atoms with Crippen LogP contribution < -0.4 is 0 Å². The smallest absolute Gasteiger partial charge is 0.218 e. The van der Waals surface area contributed by atoms with Gasteiger partial charge in [-0.3, -0.25) is 0 Å². The van der Waals surface area contributed by atoms with Crippen molar-refractivity contribution < 1.29 is 13.2 Å². The molecule has 4 aromatic rings. The van der Waals surface area contributed by atoms with E-state index in [2.05, 4.69) is 10.1 Å². The number of alkyl halides is 3. The normalized spacial score (nSPS) is 13.7. The molecule has 0 atom stereocenters. The van der Waals surface area contributed by atoms with Crippen LogP contribution in [0.5, 0.6) is 0 Å². The summed E-state index contributed by atoms with van der Waals surface area (Å²) in [4.78, 5) is 4.38. The van der Waals surface area contributed by atoms with Crippen LogP contribution in [0.15, 0.2) is 48.5 Å². The van der Waals surface area contributed by atoms with E-state index in [1.165, 1.54) is 11.3 Å². The fraction of sp³-hybridized carbons (Fsp3) is 0.158. The van der Waals surface area contributed by atoms with Gasteiger partial charge in [0.2, 0.25) is 5.13 Å². The Labute approximate surface area is 150 Å². The highest BCUT2D eigenvalue weighted by atomic mass is 32.1. The van der Waals surface area contributed by atoms with Crippen molar-refractivity contribution >= 4 is 21.6 Å². The first-order valence-electron chi connectivity index (χ1n) is 8.16. The summed E-state index contributed by atoms with van der Waals surface area (Å²) in [6.07, 6.45) is -3.59. The Morgan fingerprint density at radius 2 is 1.73 bits per heavy atom. The number of hydrogen-bond acceptors (Lipinski definition) is 3. The topological polar surface area (TPSA) is 30.7 Å². The standard InChI is InChI=1S/C19H12F3N3S/c20-19(21,22)17-13-10-9-11-5-1-2-6-12(11)16(13)24-25(17)18-23-14-7-3-4-8-15(14)26-18/h1-8H,9-10H2. The van der Waals surface area contributed by atoms with E-state index in [0.29, 0.717) is 24.1 Å². The zero-order valence-electron chi connectivity index (χ0n) is 13.4. The van der Waals surface area contributed by atoms with E-state index < -0.39 is 11.9 Å². The molecule has 2 aromatic heterocycles. The van der Waals surface area contributed by atoms with Crippen molar-refractivity contribution in [3.63, 3.8) is 0 Å². The van der Waals surface area contributed by atoms with Crippen LogP contribution in [-0.4, -0.2) is 14.8 Å². The second-order valence-electron chi connectivity index (χ2n) is 6.21. The van der Waals surface area contributed by atoms with Crippen molar-refractivity contribution in [3.05, 3.63) is 65.4 Å². The average molecular weight is 371 g/mol. The van der Waals surface area contributed by atoms with Gasteiger partial charge < -0.3 is 0 Å². The molecule has 5 rings (SSSR count). The first-order chi connectivity index (χ1) is 12.5. The van der Waals surface area contributed by atoms with E-state index in [4.69, 9.17) is 0 Å². The van der Waals surface area contributed by atoms with Gasteiger partial charge in [-0.15, -0.1) is 0 Å². The molecule has 0 fully saturated rings. The highest BCUT2D eigenvalue weighted by molar-refractivity contribution is 7.20. The molecule has 0 saturated carbocycles. The summed E-state index contributed by atoms with van der Waals surface area (Å²) in [5.74, 6) is 0. The minimum atomic E-state index is -4.50. The predicted molar refractivity (Wildman–Crippen MR) is 94.6 cm³/mol. The maximum Gasteiger partial charge on any atom is 0.433 e. The molecule has 0 amide bonds. The molecule has 1 aliphatic rings. The number of halogens is 3. The van der Waals surface area contributed by atoms with Crippen LogP contribution in [0.25, 0.3) is 26.6 Å². The summed E-state index contributed by atoms with van der Waals surface area (Å²) in [7, 11) is 0. The minimum absolute atomic E-state index is 0.241. The van der Waals surface area contributed by atoms with E-state index in [9.17, 15) is 13.2 Å². The van der Waals surface area contributed by atoms with Crippen LogP contribution in [0.2, 0.25) is 0 Å². The molecule has 130 valence electrons. The summed E-state index contributed by atoms with van der Waals surface area (Å²) in [6, 6.07) is 14.8. The number of aromatic nitrogens is 3. The van der Waals surface area contributed by atoms with Crippen LogP contribution in [0.4, 0.5) is 13.2 Å². The molecule has 0 bridgehead atoms. The summed E-state index contributed by atoms with van der Waals surface area (Å²) >= 11 is 1.21. The van der Waals surface area contributed by atoms with E-state index >= 15 is 0 Å². The van der Waals surface area contributed by atoms with Crippen LogP contribution in [-0.2, 0) is 19.0 Å². The quantitative estimate of drug-likeness (QED) is 0.457. The monoisotopic (exact) mass is 371 g/mol. The molecule has 0 unspecified atom stereocenters. The predicted octanol–water partition coefficient (Wildman–Crippen LogP) is 5.27. The molecular formula is C19H12F3N3S. The number of hydrogen-bond donors (Lipinski definition) is 0. The third-order valence-corrected chi connectivity index (χ3v) is 5.64. The van der Waals surface area contributed by atoms with Gasteiger partial charge in [0, 0.05) is 11.1 Å². The Kier molecular flexibility index (Phi) is 3.24. The molecule has 2 heterocycles. The number of nitrogens with zero attached hydrogens (tertiary/aromatic N) is 3. The molecule has 7 heteroatoms. The minimum Gasteiger partial charge on any atom is -0.218 e. The third-order valence-electron chi connectivity index (χ3n) is 4.63. The molecule has 2 aromatic carbocycles. The summed E-state index contributed by atoms with van der Waals surface area (Å²) < 4.78 is 43.5. The largest absolute Gasteiger partial charge is 0.433 e. The molecule has 0 aliphatic heterocycles. The summed E-state index contributed by atoms with van der Waals surface area (Å²) in [5, 5.41) is 4.61. The Balaban J connectivity index is 1.80. The van der Waals surface area contributed by atoms with E-state index in [0.717, 1.165) is 20.5 Å². The van der Waals surface area contributed by atoms with Crippen LogP contribution in [0.3, 0.4) is 0 Å². The van der Waals surface area contributed by atoms with Crippen LogP contribution in [0, 0.1) is 0 Å². The third kappa shape index (κ3) is 2.27. The summed E-state index contributed by atoms with van der Waals surface area (Å²) in [6.45, 7) is 0. The van der Waals surface area contributed by atoms with Crippen LogP contribution >= 0.6 is 11.3 Å². The highest BCUT2D eigenvalue weighted by Gasteiger charge is 2.42. The lowest BCUT2D eigenvalue weighted by Gasteiger charge is -2.16. The molecule has 26 heavy (non-hydrogen) atoms. The van der Waals surface area contributed by atoms with Gasteiger partial charge in [0.15, 0.2) is 5.69 Å². The number of para-hydroxylation sites is 1. The number of benzene rings is 2. The van der Waals surface area contributed by atoms with E-state index in [-0.39, 0.29) is 10.7 Å². The lowest BCUT2D eigenvalue weighted by atomic mass is 9.89. The van der Waals surface area contributed by atoms with E-state index in [1.807, 2.05) is 42.5 Å². The lowest BCUT2D eigenvalue weighted by Crippen LogP contribution is -2.16. The van der Waals surface area contributed by atoms with Gasteiger partial charge in [-0.2, -0.15) is 18.3 Å². The van der Waals surface area contributed by atoms with Gasteiger partial charge in [-0.05, 0) is 30.5 Å². The SMILES string of the molecule is FC(F)(F)c1c2c(nn1-c1nc3ccccc3s1)-c1ccccc1CC2. The van der Waals surface area contributed by atoms with Gasteiger partial charge in [-0.25, -0.2) is 9.67 Å². The molecular weight excluding hydrogens is 359 g/mol. The van der Waals surface area contributed by atoms with E-state index in [1.54, 1.807) is 6.07 Å². The first kappa shape index (κ1) is 15.6. The number of fused-ring (bicyclic) bond motifs is 4. The number of thiazole rings is 1. The Hall–Kier alpha value is -2.67. The van der Waals surface area contributed by atoms with Crippen molar-refractivity contribution in [2.24, 2.45) is 0 Å². The second-order valence-corrected chi connectivity index (χ2v) is 7.22. The lowest BCUT2D eigenvalue weighted by molar-refractivity contribution is -0.143. The first-order valence-corrected chi connectivity index (χ1v) is 8.97. The Bertz CT molecular complexity index is 1110. The molecule has 0 N–H and O–H groups in total. The van der Waals surface area contributed by atoms with Gasteiger partial charge in [0.05, 0.1) is 15.9 Å². The molecule has 1 aliphatic carbocycles. The zero-order valence-corrected chi connectivity index (χ0v) is 14.2. The fourth-order valence-corrected chi connectivity index (χ4v) is 4.44. The van der Waals surface area contributed by atoms with Gasteiger partial charge in [0.1, 0.15) is 0 Å². The molecule has 0 saturated heterocycles.